The molecule has 2 rings (SSSR count). The van der Waals surface area contributed by atoms with Crippen LogP contribution in [0.5, 0.6) is 11.5 Å². The second-order valence-corrected chi connectivity index (χ2v) is 5.99. The molecule has 0 aliphatic rings. The first-order valence-corrected chi connectivity index (χ1v) is 7.65. The van der Waals surface area contributed by atoms with Crippen LogP contribution in [0.2, 0.25) is 15.1 Å². The van der Waals surface area contributed by atoms with Gasteiger partial charge in [0.25, 0.3) is 0 Å². The standard InChI is InChI=1S/C13H7BrCl4O/c14-8-4-11(18)13(5-10(8)17)19-12-3-1-2-9(16)7(12)6-15/h1-5H,6H2. The molecule has 0 amide bonds. The van der Waals surface area contributed by atoms with Gasteiger partial charge in [0.15, 0.2) is 0 Å². The predicted molar refractivity (Wildman–Crippen MR) is 85.2 cm³/mol. The largest absolute Gasteiger partial charge is 0.455 e. The fourth-order valence-electron chi connectivity index (χ4n) is 1.47. The number of ether oxygens (including phenoxy) is 1. The molecule has 1 nitrogen and oxygen atoms in total. The quantitative estimate of drug-likeness (QED) is 0.400. The molecule has 0 saturated heterocycles. The summed E-state index contributed by atoms with van der Waals surface area (Å²) in [5, 5.41) is 1.50. The van der Waals surface area contributed by atoms with Gasteiger partial charge in [0, 0.05) is 21.1 Å². The minimum atomic E-state index is 0.247. The van der Waals surface area contributed by atoms with E-state index in [1.165, 1.54) is 0 Å². The van der Waals surface area contributed by atoms with Crippen molar-refractivity contribution in [2.24, 2.45) is 0 Å². The van der Waals surface area contributed by atoms with E-state index < -0.39 is 0 Å². The van der Waals surface area contributed by atoms with Crippen molar-refractivity contribution in [3.05, 3.63) is 55.4 Å². The molecule has 0 fully saturated rings. The number of hydrogen-bond acceptors (Lipinski definition) is 1. The Hall–Kier alpha value is -0.120. The van der Waals surface area contributed by atoms with E-state index in [0.29, 0.717) is 36.6 Å². The number of hydrogen-bond donors (Lipinski definition) is 0. The lowest BCUT2D eigenvalue weighted by molar-refractivity contribution is 0.478. The smallest absolute Gasteiger partial charge is 0.147 e. The van der Waals surface area contributed by atoms with E-state index in [2.05, 4.69) is 15.9 Å². The monoisotopic (exact) mass is 398 g/mol. The molecule has 2 aromatic rings. The minimum Gasteiger partial charge on any atom is -0.455 e. The van der Waals surface area contributed by atoms with Crippen LogP contribution in [0, 0.1) is 0 Å². The van der Waals surface area contributed by atoms with Gasteiger partial charge in [0.05, 0.1) is 15.9 Å². The van der Waals surface area contributed by atoms with E-state index in [4.69, 9.17) is 51.1 Å². The molecular formula is C13H7BrCl4O. The molecule has 0 aliphatic carbocycles. The predicted octanol–water partition coefficient (Wildman–Crippen LogP) is 6.94. The highest BCUT2D eigenvalue weighted by Gasteiger charge is 2.12. The third-order valence-corrected chi connectivity index (χ3v) is 4.52. The van der Waals surface area contributed by atoms with Crippen LogP contribution in [-0.4, -0.2) is 0 Å². The maximum absolute atomic E-state index is 6.11. The van der Waals surface area contributed by atoms with Crippen molar-refractivity contribution in [2.45, 2.75) is 5.88 Å². The molecule has 0 heterocycles. The van der Waals surface area contributed by atoms with Gasteiger partial charge < -0.3 is 4.74 Å². The van der Waals surface area contributed by atoms with E-state index in [1.807, 2.05) is 0 Å². The molecule has 0 radical (unpaired) electrons. The second kappa shape index (κ2) is 6.55. The van der Waals surface area contributed by atoms with Crippen molar-refractivity contribution < 1.29 is 4.74 Å². The van der Waals surface area contributed by atoms with Gasteiger partial charge in [-0.15, -0.1) is 11.6 Å². The van der Waals surface area contributed by atoms with Crippen LogP contribution in [0.1, 0.15) is 5.56 Å². The Morgan fingerprint density at radius 3 is 2.37 bits per heavy atom. The van der Waals surface area contributed by atoms with Crippen molar-refractivity contribution in [1.29, 1.82) is 0 Å². The highest BCUT2D eigenvalue weighted by atomic mass is 79.9. The first-order chi connectivity index (χ1) is 9.02. The fourth-order valence-corrected chi connectivity index (χ4v) is 2.87. The van der Waals surface area contributed by atoms with Crippen LogP contribution < -0.4 is 4.74 Å². The molecule has 0 unspecified atom stereocenters. The molecular weight excluding hydrogens is 394 g/mol. The first kappa shape index (κ1) is 15.3. The van der Waals surface area contributed by atoms with Crippen molar-refractivity contribution in [3.63, 3.8) is 0 Å². The van der Waals surface area contributed by atoms with Crippen LogP contribution >= 0.6 is 62.3 Å². The number of halogens is 5. The van der Waals surface area contributed by atoms with Crippen molar-refractivity contribution in [2.75, 3.05) is 0 Å². The van der Waals surface area contributed by atoms with E-state index >= 15 is 0 Å². The number of rotatable bonds is 3. The lowest BCUT2D eigenvalue weighted by Gasteiger charge is -2.12. The first-order valence-electron chi connectivity index (χ1n) is 5.18. The van der Waals surface area contributed by atoms with E-state index in [-0.39, 0.29) is 5.88 Å². The lowest BCUT2D eigenvalue weighted by atomic mass is 10.2. The summed E-state index contributed by atoms with van der Waals surface area (Å²) >= 11 is 27.3. The zero-order chi connectivity index (χ0) is 14.0. The van der Waals surface area contributed by atoms with Crippen molar-refractivity contribution in [1.82, 2.24) is 0 Å². The van der Waals surface area contributed by atoms with E-state index in [1.54, 1.807) is 30.3 Å². The molecule has 0 spiro atoms. The average molecular weight is 401 g/mol. The summed E-state index contributed by atoms with van der Waals surface area (Å²) < 4.78 is 6.45. The fraction of sp³-hybridized carbons (Fsp3) is 0.0769. The summed E-state index contributed by atoms with van der Waals surface area (Å²) in [5.74, 6) is 1.25. The molecule has 0 atom stereocenters. The summed E-state index contributed by atoms with van der Waals surface area (Å²) in [7, 11) is 0. The highest BCUT2D eigenvalue weighted by molar-refractivity contribution is 9.10. The van der Waals surface area contributed by atoms with Crippen LogP contribution in [0.15, 0.2) is 34.8 Å². The topological polar surface area (TPSA) is 9.23 Å². The molecule has 0 aromatic heterocycles. The Bertz CT molecular complexity index is 616. The molecule has 100 valence electrons. The maximum Gasteiger partial charge on any atom is 0.147 e. The summed E-state index contributed by atoms with van der Waals surface area (Å²) in [6.45, 7) is 0. The highest BCUT2D eigenvalue weighted by Crippen LogP contribution is 2.38. The third-order valence-electron chi connectivity index (χ3n) is 2.40. The second-order valence-electron chi connectivity index (χ2n) is 3.65. The van der Waals surface area contributed by atoms with Gasteiger partial charge in [-0.05, 0) is 34.1 Å². The van der Waals surface area contributed by atoms with Crippen molar-refractivity contribution in [3.8, 4) is 11.5 Å². The lowest BCUT2D eigenvalue weighted by Crippen LogP contribution is -1.91. The molecule has 0 aliphatic heterocycles. The Morgan fingerprint density at radius 2 is 1.68 bits per heavy atom. The van der Waals surface area contributed by atoms with Crippen LogP contribution in [0.25, 0.3) is 0 Å². The van der Waals surface area contributed by atoms with Gasteiger partial charge >= 0.3 is 0 Å². The van der Waals surface area contributed by atoms with Gasteiger partial charge in [-0.3, -0.25) is 0 Å². The number of alkyl halides is 1. The molecule has 0 bridgehead atoms. The third kappa shape index (κ3) is 3.50. The average Bonchev–Trinajstić information content (AvgIpc) is 2.36. The molecule has 6 heteroatoms. The van der Waals surface area contributed by atoms with E-state index in [9.17, 15) is 0 Å². The van der Waals surface area contributed by atoms with Gasteiger partial charge in [-0.1, -0.05) is 40.9 Å². The molecule has 0 saturated carbocycles. The Morgan fingerprint density at radius 1 is 0.947 bits per heavy atom. The Labute approximate surface area is 139 Å². The maximum atomic E-state index is 6.11. The summed E-state index contributed by atoms with van der Waals surface area (Å²) in [6, 6.07) is 8.61. The zero-order valence-electron chi connectivity index (χ0n) is 9.39. The summed E-state index contributed by atoms with van der Waals surface area (Å²) in [5.41, 5.74) is 0.709. The molecule has 19 heavy (non-hydrogen) atoms. The van der Waals surface area contributed by atoms with Gasteiger partial charge in [0.2, 0.25) is 0 Å². The summed E-state index contributed by atoms with van der Waals surface area (Å²) in [6.07, 6.45) is 0. The van der Waals surface area contributed by atoms with Gasteiger partial charge in [-0.25, -0.2) is 0 Å². The van der Waals surface area contributed by atoms with Gasteiger partial charge in [-0.2, -0.15) is 0 Å². The molecule has 2 aromatic carbocycles. The normalized spacial score (nSPS) is 10.6. The zero-order valence-corrected chi connectivity index (χ0v) is 14.0. The van der Waals surface area contributed by atoms with E-state index in [0.717, 1.165) is 0 Å². The molecule has 0 N–H and O–H groups in total. The van der Waals surface area contributed by atoms with Crippen LogP contribution in [-0.2, 0) is 5.88 Å². The SMILES string of the molecule is ClCc1c(Cl)cccc1Oc1cc(Cl)c(Br)cc1Cl. The minimum absolute atomic E-state index is 0.247. The number of benzene rings is 2. The summed E-state index contributed by atoms with van der Waals surface area (Å²) in [4.78, 5) is 0. The van der Waals surface area contributed by atoms with Crippen LogP contribution in [0.3, 0.4) is 0 Å². The van der Waals surface area contributed by atoms with Crippen LogP contribution in [0.4, 0.5) is 0 Å². The van der Waals surface area contributed by atoms with Crippen molar-refractivity contribution >= 4 is 62.3 Å². The Balaban J connectivity index is 2.42. The van der Waals surface area contributed by atoms with Gasteiger partial charge in [0.1, 0.15) is 11.5 Å². The Kier molecular flexibility index (Phi) is 5.27.